The summed E-state index contributed by atoms with van der Waals surface area (Å²) in [6.45, 7) is 8.81. The summed E-state index contributed by atoms with van der Waals surface area (Å²) in [5.74, 6) is 0. The monoisotopic (exact) mass is 629 g/mol. The summed E-state index contributed by atoms with van der Waals surface area (Å²) < 4.78 is 22.8. The molecule has 0 saturated heterocycles. The van der Waals surface area contributed by atoms with Crippen LogP contribution in [0.3, 0.4) is 0 Å². The third kappa shape index (κ3) is 38.0. The first-order valence-corrected chi connectivity index (χ1v) is 19.8. The summed E-state index contributed by atoms with van der Waals surface area (Å²) in [6, 6.07) is 0. The van der Waals surface area contributed by atoms with E-state index < -0.39 is 0 Å². The van der Waals surface area contributed by atoms with Crippen molar-refractivity contribution in [2.45, 2.75) is 200 Å². The number of aliphatic hydroxyl groups excluding tert-OH is 1. The van der Waals surface area contributed by atoms with Crippen molar-refractivity contribution >= 4 is 0 Å². The van der Waals surface area contributed by atoms with Crippen LogP contribution in [0.25, 0.3) is 0 Å². The van der Waals surface area contributed by atoms with Gasteiger partial charge in [0.25, 0.3) is 0 Å². The number of ether oxygens (including phenoxy) is 4. The second-order valence-electron chi connectivity index (χ2n) is 13.2. The lowest BCUT2D eigenvalue weighted by molar-refractivity contribution is -0.0658. The van der Waals surface area contributed by atoms with Crippen LogP contribution in [0.15, 0.2) is 0 Å². The number of aliphatic hydroxyl groups is 1. The summed E-state index contributed by atoms with van der Waals surface area (Å²) in [5, 5.41) is 9.54. The quantitative estimate of drug-likeness (QED) is 0.0684. The molecule has 0 aliphatic rings. The van der Waals surface area contributed by atoms with Crippen molar-refractivity contribution in [2.75, 3.05) is 52.9 Å². The van der Waals surface area contributed by atoms with E-state index in [1.165, 1.54) is 167 Å². The van der Waals surface area contributed by atoms with Crippen molar-refractivity contribution in [3.05, 3.63) is 0 Å². The van der Waals surface area contributed by atoms with Crippen LogP contribution in [0.2, 0.25) is 0 Å². The third-order valence-corrected chi connectivity index (χ3v) is 8.75. The van der Waals surface area contributed by atoms with E-state index in [9.17, 15) is 5.11 Å². The van der Waals surface area contributed by atoms with E-state index in [0.29, 0.717) is 33.0 Å². The lowest BCUT2D eigenvalue weighted by Crippen LogP contribution is -2.26. The molecule has 0 aliphatic carbocycles. The van der Waals surface area contributed by atoms with Gasteiger partial charge in [-0.2, -0.15) is 0 Å². The highest BCUT2D eigenvalue weighted by molar-refractivity contribution is 4.55. The smallest absolute Gasteiger partial charge is 0.104 e. The zero-order chi connectivity index (χ0) is 31.9. The second-order valence-corrected chi connectivity index (χ2v) is 13.2. The van der Waals surface area contributed by atoms with Gasteiger partial charge in [0.1, 0.15) is 6.10 Å². The molecular formula is C39H80O5. The van der Waals surface area contributed by atoms with Crippen LogP contribution < -0.4 is 0 Å². The zero-order valence-electron chi connectivity index (χ0n) is 30.1. The molecule has 0 aromatic heterocycles. The molecule has 5 nitrogen and oxygen atoms in total. The van der Waals surface area contributed by atoms with E-state index in [1.807, 2.05) is 0 Å². The Labute approximate surface area is 276 Å². The van der Waals surface area contributed by atoms with E-state index in [0.717, 1.165) is 26.1 Å². The van der Waals surface area contributed by atoms with Gasteiger partial charge in [0, 0.05) is 13.2 Å². The SMILES string of the molecule is CCCCCCCCCCCCCCCCOCCOCC(CO)OCCOCCCCCCCCCCCCCCCC. The van der Waals surface area contributed by atoms with Crippen LogP contribution in [0.1, 0.15) is 194 Å². The molecule has 0 amide bonds. The minimum Gasteiger partial charge on any atom is -0.394 e. The van der Waals surface area contributed by atoms with Crippen molar-refractivity contribution in [1.82, 2.24) is 0 Å². The summed E-state index contributed by atoms with van der Waals surface area (Å²) in [7, 11) is 0. The van der Waals surface area contributed by atoms with E-state index in [-0.39, 0.29) is 12.7 Å². The number of rotatable bonds is 40. The molecule has 0 aromatic rings. The molecular weight excluding hydrogens is 548 g/mol. The third-order valence-electron chi connectivity index (χ3n) is 8.75. The van der Waals surface area contributed by atoms with E-state index >= 15 is 0 Å². The highest BCUT2D eigenvalue weighted by Crippen LogP contribution is 2.14. The summed E-state index contributed by atoms with van der Waals surface area (Å²) in [6.07, 6.45) is 38.2. The maximum atomic E-state index is 9.54. The highest BCUT2D eigenvalue weighted by Gasteiger charge is 2.08. The van der Waals surface area contributed by atoms with E-state index in [1.54, 1.807) is 0 Å². The molecule has 1 unspecified atom stereocenters. The lowest BCUT2D eigenvalue weighted by Gasteiger charge is -2.16. The van der Waals surface area contributed by atoms with Crippen LogP contribution >= 0.6 is 0 Å². The second kappa shape index (κ2) is 40.8. The van der Waals surface area contributed by atoms with Crippen LogP contribution in [0.5, 0.6) is 0 Å². The standard InChI is InChI=1S/C39H80O5/c1-3-5-7-9-11-13-15-17-19-21-23-25-27-29-31-41-33-34-43-38-39(37-40)44-36-35-42-32-30-28-26-24-22-20-18-16-14-12-10-8-6-4-2/h39-40H,3-38H2,1-2H3. The minimum atomic E-state index is -0.287. The zero-order valence-corrected chi connectivity index (χ0v) is 30.1. The van der Waals surface area contributed by atoms with Gasteiger partial charge in [0.2, 0.25) is 0 Å². The van der Waals surface area contributed by atoms with E-state index in [4.69, 9.17) is 18.9 Å². The summed E-state index contributed by atoms with van der Waals surface area (Å²) in [4.78, 5) is 0. The molecule has 0 aromatic carbocycles. The van der Waals surface area contributed by atoms with Crippen LogP contribution in [-0.2, 0) is 18.9 Å². The summed E-state index contributed by atoms with van der Waals surface area (Å²) >= 11 is 0. The van der Waals surface area contributed by atoms with Crippen molar-refractivity contribution in [3.63, 3.8) is 0 Å². The Morgan fingerprint density at radius 1 is 0.341 bits per heavy atom. The summed E-state index contributed by atoms with van der Waals surface area (Å²) in [5.41, 5.74) is 0. The first-order chi connectivity index (χ1) is 21.8. The normalized spacial score (nSPS) is 12.3. The molecule has 1 atom stereocenters. The highest BCUT2D eigenvalue weighted by atomic mass is 16.6. The van der Waals surface area contributed by atoms with E-state index in [2.05, 4.69) is 13.8 Å². The van der Waals surface area contributed by atoms with Crippen LogP contribution in [0.4, 0.5) is 0 Å². The molecule has 266 valence electrons. The molecule has 0 fully saturated rings. The fourth-order valence-electron chi connectivity index (χ4n) is 5.76. The molecule has 44 heavy (non-hydrogen) atoms. The topological polar surface area (TPSA) is 57.2 Å². The maximum absolute atomic E-state index is 9.54. The van der Waals surface area contributed by atoms with Crippen LogP contribution in [0, 0.1) is 0 Å². The molecule has 0 spiro atoms. The Kier molecular flexibility index (Phi) is 40.6. The van der Waals surface area contributed by atoms with Gasteiger partial charge in [-0.05, 0) is 12.8 Å². The largest absolute Gasteiger partial charge is 0.394 e. The Bertz CT molecular complexity index is 489. The van der Waals surface area contributed by atoms with Gasteiger partial charge in [0.05, 0.1) is 39.6 Å². The van der Waals surface area contributed by atoms with Crippen molar-refractivity contribution in [1.29, 1.82) is 0 Å². The molecule has 0 saturated carbocycles. The molecule has 0 heterocycles. The Balaban J connectivity index is 3.24. The van der Waals surface area contributed by atoms with Gasteiger partial charge >= 0.3 is 0 Å². The molecule has 0 bridgehead atoms. The van der Waals surface area contributed by atoms with Gasteiger partial charge in [-0.15, -0.1) is 0 Å². The lowest BCUT2D eigenvalue weighted by atomic mass is 10.0. The van der Waals surface area contributed by atoms with Gasteiger partial charge in [-0.3, -0.25) is 0 Å². The predicted molar refractivity (Wildman–Crippen MR) is 190 cm³/mol. The van der Waals surface area contributed by atoms with Crippen molar-refractivity contribution in [2.24, 2.45) is 0 Å². The fourth-order valence-corrected chi connectivity index (χ4v) is 5.76. The van der Waals surface area contributed by atoms with Crippen molar-refractivity contribution < 1.29 is 24.1 Å². The Hall–Kier alpha value is -0.200. The van der Waals surface area contributed by atoms with Gasteiger partial charge in [0.15, 0.2) is 0 Å². The molecule has 0 aliphatic heterocycles. The van der Waals surface area contributed by atoms with Gasteiger partial charge < -0.3 is 24.1 Å². The molecule has 5 heteroatoms. The minimum absolute atomic E-state index is 0.0289. The number of unbranched alkanes of at least 4 members (excludes halogenated alkanes) is 26. The van der Waals surface area contributed by atoms with Gasteiger partial charge in [-0.1, -0.05) is 181 Å². The average Bonchev–Trinajstić information content (AvgIpc) is 3.04. The average molecular weight is 629 g/mol. The van der Waals surface area contributed by atoms with Crippen molar-refractivity contribution in [3.8, 4) is 0 Å². The number of hydrogen-bond acceptors (Lipinski definition) is 5. The van der Waals surface area contributed by atoms with Gasteiger partial charge in [-0.25, -0.2) is 0 Å². The fraction of sp³-hybridized carbons (Fsp3) is 1.00. The first kappa shape index (κ1) is 43.8. The predicted octanol–water partition coefficient (Wildman–Crippen LogP) is 11.4. The molecule has 0 rings (SSSR count). The number of hydrogen-bond donors (Lipinski definition) is 1. The Morgan fingerprint density at radius 2 is 0.636 bits per heavy atom. The van der Waals surface area contributed by atoms with Crippen LogP contribution in [-0.4, -0.2) is 64.1 Å². The first-order valence-electron chi connectivity index (χ1n) is 19.8. The maximum Gasteiger partial charge on any atom is 0.104 e. The Morgan fingerprint density at radius 3 is 0.977 bits per heavy atom. The molecule has 0 radical (unpaired) electrons. The molecule has 1 N–H and O–H groups in total.